The molecule has 5 heteroatoms. The van der Waals surface area contributed by atoms with Gasteiger partial charge in [-0.15, -0.1) is 0 Å². The van der Waals surface area contributed by atoms with E-state index >= 15 is 0 Å². The SMILES string of the molecule is CCCCN(Cc1cccnc1)C(=O)c1ccc2nccnc2c1. The molecule has 0 saturated heterocycles. The Morgan fingerprint density at radius 3 is 2.67 bits per heavy atom. The van der Waals surface area contributed by atoms with Crippen LogP contribution in [0.15, 0.2) is 55.1 Å². The first-order valence-corrected chi connectivity index (χ1v) is 8.17. The second kappa shape index (κ2) is 7.64. The molecule has 0 N–H and O–H groups in total. The van der Waals surface area contributed by atoms with Crippen molar-refractivity contribution in [2.75, 3.05) is 6.54 Å². The van der Waals surface area contributed by atoms with Gasteiger partial charge >= 0.3 is 0 Å². The van der Waals surface area contributed by atoms with Crippen molar-refractivity contribution in [2.24, 2.45) is 0 Å². The molecule has 0 bridgehead atoms. The quantitative estimate of drug-likeness (QED) is 0.698. The molecule has 5 nitrogen and oxygen atoms in total. The fourth-order valence-corrected chi connectivity index (χ4v) is 2.59. The molecule has 0 unspecified atom stereocenters. The van der Waals surface area contributed by atoms with Gasteiger partial charge in [0.1, 0.15) is 0 Å². The number of hydrogen-bond donors (Lipinski definition) is 0. The maximum Gasteiger partial charge on any atom is 0.254 e. The first-order valence-electron chi connectivity index (χ1n) is 8.17. The summed E-state index contributed by atoms with van der Waals surface area (Å²) in [4.78, 5) is 27.5. The lowest BCUT2D eigenvalue weighted by Crippen LogP contribution is -2.31. The lowest BCUT2D eigenvalue weighted by atomic mass is 10.1. The van der Waals surface area contributed by atoms with Gasteiger partial charge in [0.15, 0.2) is 0 Å². The molecule has 1 aromatic carbocycles. The summed E-state index contributed by atoms with van der Waals surface area (Å²) >= 11 is 0. The summed E-state index contributed by atoms with van der Waals surface area (Å²) in [5, 5.41) is 0. The zero-order valence-electron chi connectivity index (χ0n) is 13.7. The number of rotatable bonds is 6. The van der Waals surface area contributed by atoms with Crippen molar-refractivity contribution in [3.8, 4) is 0 Å². The molecule has 0 spiro atoms. The average Bonchev–Trinajstić information content (AvgIpc) is 2.65. The highest BCUT2D eigenvalue weighted by Crippen LogP contribution is 2.15. The number of benzene rings is 1. The van der Waals surface area contributed by atoms with Gasteiger partial charge in [-0.2, -0.15) is 0 Å². The van der Waals surface area contributed by atoms with Crippen LogP contribution in [-0.2, 0) is 6.54 Å². The first-order chi connectivity index (χ1) is 11.8. The molecule has 0 saturated carbocycles. The third-order valence-electron chi connectivity index (χ3n) is 3.88. The molecule has 2 heterocycles. The lowest BCUT2D eigenvalue weighted by Gasteiger charge is -2.22. The molecule has 0 radical (unpaired) electrons. The van der Waals surface area contributed by atoms with Crippen LogP contribution in [0, 0.1) is 0 Å². The number of unbranched alkanes of at least 4 members (excludes halogenated alkanes) is 1. The number of carbonyl (C=O) groups excluding carboxylic acids is 1. The van der Waals surface area contributed by atoms with Gasteiger partial charge in [0.25, 0.3) is 5.91 Å². The highest BCUT2D eigenvalue weighted by molar-refractivity contribution is 5.97. The van der Waals surface area contributed by atoms with Crippen LogP contribution in [0.2, 0.25) is 0 Å². The molecule has 3 aromatic rings. The maximum atomic E-state index is 13.0. The van der Waals surface area contributed by atoms with Gasteiger partial charge in [0.2, 0.25) is 0 Å². The van der Waals surface area contributed by atoms with Crippen molar-refractivity contribution >= 4 is 16.9 Å². The van der Waals surface area contributed by atoms with Crippen molar-refractivity contribution in [2.45, 2.75) is 26.3 Å². The average molecular weight is 320 g/mol. The molecule has 24 heavy (non-hydrogen) atoms. The first kappa shape index (κ1) is 16.1. The third-order valence-corrected chi connectivity index (χ3v) is 3.88. The molecule has 0 aliphatic carbocycles. The van der Waals surface area contributed by atoms with Crippen LogP contribution in [-0.4, -0.2) is 32.3 Å². The minimum absolute atomic E-state index is 0.0138. The van der Waals surface area contributed by atoms with E-state index in [2.05, 4.69) is 21.9 Å². The van der Waals surface area contributed by atoms with E-state index in [-0.39, 0.29) is 5.91 Å². The number of nitrogens with zero attached hydrogens (tertiary/aromatic N) is 4. The van der Waals surface area contributed by atoms with Crippen molar-refractivity contribution in [1.29, 1.82) is 0 Å². The largest absolute Gasteiger partial charge is 0.334 e. The van der Waals surface area contributed by atoms with Gasteiger partial charge in [0.05, 0.1) is 11.0 Å². The van der Waals surface area contributed by atoms with E-state index in [1.165, 1.54) is 0 Å². The Balaban J connectivity index is 1.85. The molecule has 2 aromatic heterocycles. The van der Waals surface area contributed by atoms with E-state index in [0.717, 1.165) is 36.0 Å². The number of pyridine rings is 1. The Kier molecular flexibility index (Phi) is 5.11. The van der Waals surface area contributed by atoms with Crippen LogP contribution in [0.25, 0.3) is 11.0 Å². The van der Waals surface area contributed by atoms with Gasteiger partial charge in [-0.1, -0.05) is 19.4 Å². The number of aromatic nitrogens is 3. The Bertz CT molecular complexity index is 820. The van der Waals surface area contributed by atoms with Crippen LogP contribution in [0.3, 0.4) is 0 Å². The third kappa shape index (κ3) is 3.74. The standard InChI is InChI=1S/C19H20N4O/c1-2-3-11-23(14-15-5-4-8-20-13-15)19(24)16-6-7-17-18(12-16)22-10-9-21-17/h4-10,12-13H,2-3,11,14H2,1H3. The summed E-state index contributed by atoms with van der Waals surface area (Å²) in [7, 11) is 0. The number of amides is 1. The second-order valence-electron chi connectivity index (χ2n) is 5.70. The molecule has 0 aliphatic heterocycles. The summed E-state index contributed by atoms with van der Waals surface area (Å²) in [5.74, 6) is 0.0138. The smallest absolute Gasteiger partial charge is 0.254 e. The van der Waals surface area contributed by atoms with Crippen molar-refractivity contribution in [1.82, 2.24) is 19.9 Å². The second-order valence-corrected chi connectivity index (χ2v) is 5.70. The van der Waals surface area contributed by atoms with Crippen molar-refractivity contribution in [3.63, 3.8) is 0 Å². The molecular weight excluding hydrogens is 300 g/mol. The van der Waals surface area contributed by atoms with Crippen LogP contribution >= 0.6 is 0 Å². The van der Waals surface area contributed by atoms with Gasteiger partial charge in [0, 0.05) is 43.4 Å². The monoisotopic (exact) mass is 320 g/mol. The van der Waals surface area contributed by atoms with Gasteiger partial charge in [-0.25, -0.2) is 0 Å². The zero-order chi connectivity index (χ0) is 16.8. The summed E-state index contributed by atoms with van der Waals surface area (Å²) in [6, 6.07) is 9.36. The van der Waals surface area contributed by atoms with Gasteiger partial charge in [-0.05, 0) is 36.2 Å². The van der Waals surface area contributed by atoms with E-state index in [4.69, 9.17) is 0 Å². The number of carbonyl (C=O) groups is 1. The van der Waals surface area contributed by atoms with E-state index in [1.54, 1.807) is 24.8 Å². The van der Waals surface area contributed by atoms with Crippen LogP contribution < -0.4 is 0 Å². The summed E-state index contributed by atoms with van der Waals surface area (Å²) in [6.07, 6.45) is 8.85. The normalized spacial score (nSPS) is 10.7. The topological polar surface area (TPSA) is 59.0 Å². The molecule has 122 valence electrons. The molecule has 0 aliphatic rings. The fourth-order valence-electron chi connectivity index (χ4n) is 2.59. The summed E-state index contributed by atoms with van der Waals surface area (Å²) in [6.45, 7) is 3.41. The molecule has 0 atom stereocenters. The molecule has 0 fully saturated rings. The minimum Gasteiger partial charge on any atom is -0.334 e. The Hall–Kier alpha value is -2.82. The maximum absolute atomic E-state index is 13.0. The van der Waals surface area contributed by atoms with E-state index < -0.39 is 0 Å². The Morgan fingerprint density at radius 2 is 1.92 bits per heavy atom. The van der Waals surface area contributed by atoms with Crippen LogP contribution in [0.4, 0.5) is 0 Å². The molecular formula is C19H20N4O. The van der Waals surface area contributed by atoms with Crippen molar-refractivity contribution in [3.05, 3.63) is 66.2 Å². The fraction of sp³-hybridized carbons (Fsp3) is 0.263. The summed E-state index contributed by atoms with van der Waals surface area (Å²) in [5.41, 5.74) is 3.20. The molecule has 3 rings (SSSR count). The predicted molar refractivity (Wildman–Crippen MR) is 93.4 cm³/mol. The number of fused-ring (bicyclic) bond motifs is 1. The predicted octanol–water partition coefficient (Wildman–Crippen LogP) is 3.47. The van der Waals surface area contributed by atoms with E-state index in [1.807, 2.05) is 35.2 Å². The van der Waals surface area contributed by atoms with E-state index in [0.29, 0.717) is 12.1 Å². The Labute approximate surface area is 141 Å². The zero-order valence-corrected chi connectivity index (χ0v) is 13.7. The van der Waals surface area contributed by atoms with E-state index in [9.17, 15) is 4.79 Å². The Morgan fingerprint density at radius 1 is 1.08 bits per heavy atom. The molecule has 1 amide bonds. The number of hydrogen-bond acceptors (Lipinski definition) is 4. The lowest BCUT2D eigenvalue weighted by molar-refractivity contribution is 0.0741. The van der Waals surface area contributed by atoms with Crippen LogP contribution in [0.1, 0.15) is 35.7 Å². The highest BCUT2D eigenvalue weighted by atomic mass is 16.2. The van der Waals surface area contributed by atoms with Gasteiger partial charge in [-0.3, -0.25) is 19.7 Å². The minimum atomic E-state index is 0.0138. The van der Waals surface area contributed by atoms with Crippen LogP contribution in [0.5, 0.6) is 0 Å². The highest BCUT2D eigenvalue weighted by Gasteiger charge is 2.16. The summed E-state index contributed by atoms with van der Waals surface area (Å²) < 4.78 is 0. The van der Waals surface area contributed by atoms with Crippen molar-refractivity contribution < 1.29 is 4.79 Å². The van der Waals surface area contributed by atoms with Gasteiger partial charge < -0.3 is 4.90 Å².